The third-order valence-corrected chi connectivity index (χ3v) is 5.91. The van der Waals surface area contributed by atoms with Crippen molar-refractivity contribution in [1.29, 1.82) is 0 Å². The minimum atomic E-state index is -3.58. The molecule has 2 aliphatic carbocycles. The number of hydrogen-bond donors (Lipinski definition) is 1. The lowest BCUT2D eigenvalue weighted by atomic mass is 9.96. The van der Waals surface area contributed by atoms with Crippen molar-refractivity contribution in [2.24, 2.45) is 11.8 Å². The van der Waals surface area contributed by atoms with Crippen LogP contribution in [0.3, 0.4) is 0 Å². The van der Waals surface area contributed by atoms with Gasteiger partial charge in [-0.15, -0.1) is 0 Å². The quantitative estimate of drug-likeness (QED) is 0.680. The monoisotopic (exact) mass is 296 g/mol. The molecule has 1 aromatic carbocycles. The Kier molecular flexibility index (Phi) is 3.25. The Labute approximate surface area is 117 Å². The average molecular weight is 296 g/mol. The van der Waals surface area contributed by atoms with Crippen LogP contribution in [0.5, 0.6) is 0 Å². The molecule has 2 fully saturated rings. The fourth-order valence-electron chi connectivity index (χ4n) is 3.40. The summed E-state index contributed by atoms with van der Waals surface area (Å²) in [6.07, 6.45) is 4.34. The highest BCUT2D eigenvalue weighted by Crippen LogP contribution is 2.44. The second kappa shape index (κ2) is 4.82. The molecule has 1 N–H and O–H groups in total. The molecule has 0 heterocycles. The molecule has 3 atom stereocenters. The van der Waals surface area contributed by atoms with Crippen LogP contribution in [-0.4, -0.2) is 19.4 Å². The lowest BCUT2D eigenvalue weighted by molar-refractivity contribution is -0.384. The third kappa shape index (κ3) is 2.43. The molecule has 20 heavy (non-hydrogen) atoms. The molecule has 2 bridgehead atoms. The maximum absolute atomic E-state index is 12.3. The number of nitrogens with zero attached hydrogens (tertiary/aromatic N) is 1. The Balaban J connectivity index is 1.76. The van der Waals surface area contributed by atoms with E-state index in [0.29, 0.717) is 11.8 Å². The Morgan fingerprint density at radius 3 is 2.35 bits per heavy atom. The van der Waals surface area contributed by atoms with E-state index < -0.39 is 14.9 Å². The van der Waals surface area contributed by atoms with Crippen LogP contribution in [0.2, 0.25) is 0 Å². The number of benzene rings is 1. The second-order valence-corrected chi connectivity index (χ2v) is 7.37. The van der Waals surface area contributed by atoms with Gasteiger partial charge >= 0.3 is 0 Å². The molecule has 7 heteroatoms. The molecular formula is C13H16N2O4S. The van der Waals surface area contributed by atoms with Crippen molar-refractivity contribution in [3.8, 4) is 0 Å². The topological polar surface area (TPSA) is 89.3 Å². The summed E-state index contributed by atoms with van der Waals surface area (Å²) in [5.74, 6) is 1.11. The van der Waals surface area contributed by atoms with Crippen molar-refractivity contribution < 1.29 is 13.3 Å². The van der Waals surface area contributed by atoms with Crippen molar-refractivity contribution >= 4 is 15.7 Å². The van der Waals surface area contributed by atoms with E-state index in [1.54, 1.807) is 0 Å². The fraction of sp³-hybridized carbons (Fsp3) is 0.538. The summed E-state index contributed by atoms with van der Waals surface area (Å²) in [5.41, 5.74) is -0.108. The van der Waals surface area contributed by atoms with Crippen molar-refractivity contribution in [3.05, 3.63) is 34.4 Å². The summed E-state index contributed by atoms with van der Waals surface area (Å²) in [6, 6.07) is 5.03. The van der Waals surface area contributed by atoms with Crippen molar-refractivity contribution in [2.75, 3.05) is 0 Å². The van der Waals surface area contributed by atoms with Gasteiger partial charge in [0.1, 0.15) is 0 Å². The number of fused-ring (bicyclic) bond motifs is 2. The fourth-order valence-corrected chi connectivity index (χ4v) is 4.72. The summed E-state index contributed by atoms with van der Waals surface area (Å²) >= 11 is 0. The van der Waals surface area contributed by atoms with Crippen LogP contribution >= 0.6 is 0 Å². The first-order valence-corrected chi connectivity index (χ1v) is 8.21. The zero-order valence-corrected chi connectivity index (χ0v) is 11.7. The number of rotatable bonds is 4. The largest absolute Gasteiger partial charge is 0.269 e. The van der Waals surface area contributed by atoms with Gasteiger partial charge in [-0.25, -0.2) is 13.1 Å². The molecule has 0 aromatic heterocycles. The van der Waals surface area contributed by atoms with Gasteiger partial charge in [-0.05, 0) is 43.2 Å². The van der Waals surface area contributed by atoms with Crippen molar-refractivity contribution in [2.45, 2.75) is 36.6 Å². The normalized spacial score (nSPS) is 28.7. The van der Waals surface area contributed by atoms with Crippen molar-refractivity contribution in [3.63, 3.8) is 0 Å². The molecule has 0 radical (unpaired) electrons. The smallest absolute Gasteiger partial charge is 0.258 e. The highest BCUT2D eigenvalue weighted by molar-refractivity contribution is 7.89. The zero-order chi connectivity index (χ0) is 14.3. The molecule has 108 valence electrons. The first-order valence-electron chi connectivity index (χ1n) is 6.72. The number of hydrogen-bond acceptors (Lipinski definition) is 4. The van der Waals surface area contributed by atoms with Gasteiger partial charge in [-0.1, -0.05) is 6.42 Å². The minimum absolute atomic E-state index is 0.0222. The zero-order valence-electron chi connectivity index (χ0n) is 10.9. The highest BCUT2D eigenvalue weighted by atomic mass is 32.2. The molecule has 0 saturated heterocycles. The Bertz CT molecular complexity index is 626. The maximum atomic E-state index is 12.3. The molecule has 2 saturated carbocycles. The van der Waals surface area contributed by atoms with Gasteiger partial charge in [0.2, 0.25) is 10.0 Å². The van der Waals surface area contributed by atoms with Crippen LogP contribution in [0.25, 0.3) is 0 Å². The van der Waals surface area contributed by atoms with E-state index >= 15 is 0 Å². The summed E-state index contributed by atoms with van der Waals surface area (Å²) in [5, 5.41) is 10.6. The standard InChI is InChI=1S/C13H16N2O4S/c16-15(17)11-3-5-12(6-4-11)20(18,19)14-13-8-9-1-2-10(13)7-9/h3-6,9-10,13-14H,1-2,7-8H2. The van der Waals surface area contributed by atoms with Gasteiger partial charge in [-0.3, -0.25) is 10.1 Å². The predicted molar refractivity (Wildman–Crippen MR) is 72.7 cm³/mol. The van der Waals surface area contributed by atoms with Crippen LogP contribution in [0.1, 0.15) is 25.7 Å². The van der Waals surface area contributed by atoms with Crippen LogP contribution in [0.4, 0.5) is 5.69 Å². The number of non-ortho nitro benzene ring substituents is 1. The van der Waals surface area contributed by atoms with E-state index in [1.807, 2.05) is 0 Å². The minimum Gasteiger partial charge on any atom is -0.258 e. The van der Waals surface area contributed by atoms with E-state index in [-0.39, 0.29) is 16.6 Å². The number of nitro groups is 1. The van der Waals surface area contributed by atoms with Gasteiger partial charge in [0.15, 0.2) is 0 Å². The van der Waals surface area contributed by atoms with E-state index in [1.165, 1.54) is 30.7 Å². The number of nitrogens with one attached hydrogen (secondary N) is 1. The van der Waals surface area contributed by atoms with Crippen LogP contribution < -0.4 is 4.72 Å². The molecule has 1 aromatic rings. The Morgan fingerprint density at radius 2 is 1.85 bits per heavy atom. The molecule has 0 spiro atoms. The van der Waals surface area contributed by atoms with E-state index in [9.17, 15) is 18.5 Å². The molecule has 2 aliphatic rings. The SMILES string of the molecule is O=[N+]([O-])c1ccc(S(=O)(=O)NC2CC3CCC2C3)cc1. The third-order valence-electron chi connectivity index (χ3n) is 4.40. The summed E-state index contributed by atoms with van der Waals surface area (Å²) in [7, 11) is -3.58. The molecule has 6 nitrogen and oxygen atoms in total. The van der Waals surface area contributed by atoms with Crippen LogP contribution in [0, 0.1) is 22.0 Å². The van der Waals surface area contributed by atoms with Gasteiger partial charge in [0.25, 0.3) is 5.69 Å². The van der Waals surface area contributed by atoms with Gasteiger partial charge in [0, 0.05) is 18.2 Å². The lowest BCUT2D eigenvalue weighted by Crippen LogP contribution is -2.38. The Hall–Kier alpha value is -1.47. The predicted octanol–water partition coefficient (Wildman–Crippen LogP) is 2.06. The summed E-state index contributed by atoms with van der Waals surface area (Å²) in [4.78, 5) is 10.1. The number of sulfonamides is 1. The molecule has 3 unspecified atom stereocenters. The van der Waals surface area contributed by atoms with Crippen LogP contribution in [0.15, 0.2) is 29.2 Å². The van der Waals surface area contributed by atoms with Crippen LogP contribution in [-0.2, 0) is 10.0 Å². The maximum Gasteiger partial charge on any atom is 0.269 e. The lowest BCUT2D eigenvalue weighted by Gasteiger charge is -2.22. The van der Waals surface area contributed by atoms with Gasteiger partial charge < -0.3 is 0 Å². The highest BCUT2D eigenvalue weighted by Gasteiger charge is 2.41. The molecular weight excluding hydrogens is 280 g/mol. The van der Waals surface area contributed by atoms with Crippen molar-refractivity contribution in [1.82, 2.24) is 4.72 Å². The van der Waals surface area contributed by atoms with Gasteiger partial charge in [0.05, 0.1) is 9.82 Å². The van der Waals surface area contributed by atoms with E-state index in [0.717, 1.165) is 19.3 Å². The second-order valence-electron chi connectivity index (χ2n) is 5.65. The average Bonchev–Trinajstić information content (AvgIpc) is 3.00. The van der Waals surface area contributed by atoms with E-state index in [2.05, 4.69) is 4.72 Å². The first kappa shape index (κ1) is 13.5. The van der Waals surface area contributed by atoms with Gasteiger partial charge in [-0.2, -0.15) is 0 Å². The molecule has 0 aliphatic heterocycles. The number of nitro benzene ring substituents is 1. The molecule has 3 rings (SSSR count). The molecule has 0 amide bonds. The van der Waals surface area contributed by atoms with E-state index in [4.69, 9.17) is 0 Å². The Morgan fingerprint density at radius 1 is 1.15 bits per heavy atom. The first-order chi connectivity index (χ1) is 9.45. The summed E-state index contributed by atoms with van der Waals surface area (Å²) < 4.78 is 27.3. The summed E-state index contributed by atoms with van der Waals surface area (Å²) in [6.45, 7) is 0.